The van der Waals surface area contributed by atoms with Crippen LogP contribution in [0, 0.1) is 11.3 Å². The van der Waals surface area contributed by atoms with Crippen molar-refractivity contribution in [3.63, 3.8) is 0 Å². The van der Waals surface area contributed by atoms with Gasteiger partial charge in [0.05, 0.1) is 12.5 Å². The van der Waals surface area contributed by atoms with E-state index in [4.69, 9.17) is 9.57 Å². The summed E-state index contributed by atoms with van der Waals surface area (Å²) >= 11 is 0. The lowest BCUT2D eigenvalue weighted by molar-refractivity contribution is -0.135. The SMILES string of the molecule is CCOC(=O)C1=NOC2[C@H]1C2(C)C. The Morgan fingerprint density at radius 3 is 2.85 bits per heavy atom. The lowest BCUT2D eigenvalue weighted by atomic mass is 10.1. The van der Waals surface area contributed by atoms with Crippen LogP contribution in [0.1, 0.15) is 20.8 Å². The second kappa shape index (κ2) is 2.47. The van der Waals surface area contributed by atoms with Crippen LogP contribution in [-0.2, 0) is 14.4 Å². The number of fused-ring (bicyclic) bond motifs is 1. The van der Waals surface area contributed by atoms with Gasteiger partial charge in [-0.15, -0.1) is 0 Å². The summed E-state index contributed by atoms with van der Waals surface area (Å²) in [5.74, 6) is -0.188. The van der Waals surface area contributed by atoms with Crippen LogP contribution in [0.4, 0.5) is 0 Å². The first-order valence-corrected chi connectivity index (χ1v) is 4.50. The summed E-state index contributed by atoms with van der Waals surface area (Å²) in [6, 6.07) is 0. The molecule has 0 radical (unpaired) electrons. The van der Waals surface area contributed by atoms with Crippen LogP contribution in [0.25, 0.3) is 0 Å². The normalized spacial score (nSPS) is 33.0. The van der Waals surface area contributed by atoms with Crippen LogP contribution in [0.5, 0.6) is 0 Å². The molecule has 4 heteroatoms. The van der Waals surface area contributed by atoms with E-state index in [1.165, 1.54) is 0 Å². The van der Waals surface area contributed by atoms with Crippen LogP contribution >= 0.6 is 0 Å². The maximum atomic E-state index is 11.3. The molecule has 2 rings (SSSR count). The van der Waals surface area contributed by atoms with Gasteiger partial charge in [-0.25, -0.2) is 4.79 Å². The van der Waals surface area contributed by atoms with Gasteiger partial charge in [0.2, 0.25) is 0 Å². The Morgan fingerprint density at radius 1 is 1.69 bits per heavy atom. The van der Waals surface area contributed by atoms with Crippen LogP contribution in [0.3, 0.4) is 0 Å². The Hall–Kier alpha value is -1.06. The van der Waals surface area contributed by atoms with Gasteiger partial charge < -0.3 is 9.57 Å². The Bertz CT molecular complexity index is 283. The zero-order chi connectivity index (χ0) is 9.64. The van der Waals surface area contributed by atoms with E-state index in [9.17, 15) is 4.79 Å². The molecule has 0 spiro atoms. The van der Waals surface area contributed by atoms with Crippen LogP contribution in [0.15, 0.2) is 5.16 Å². The van der Waals surface area contributed by atoms with Gasteiger partial charge in [-0.3, -0.25) is 0 Å². The third-order valence-electron chi connectivity index (χ3n) is 2.77. The van der Waals surface area contributed by atoms with E-state index >= 15 is 0 Å². The number of rotatable bonds is 2. The summed E-state index contributed by atoms with van der Waals surface area (Å²) in [4.78, 5) is 16.4. The number of hydrogen-bond donors (Lipinski definition) is 0. The summed E-state index contributed by atoms with van der Waals surface area (Å²) in [5, 5.41) is 3.72. The van der Waals surface area contributed by atoms with Gasteiger partial charge >= 0.3 is 5.97 Å². The average Bonchev–Trinajstić information content (AvgIpc) is 2.51. The van der Waals surface area contributed by atoms with Crippen molar-refractivity contribution >= 4 is 11.7 Å². The molecule has 13 heavy (non-hydrogen) atoms. The van der Waals surface area contributed by atoms with Gasteiger partial charge in [0.15, 0.2) is 5.71 Å². The zero-order valence-corrected chi connectivity index (χ0v) is 8.03. The molecule has 1 fully saturated rings. The molecule has 4 nitrogen and oxygen atoms in total. The number of hydrogen-bond acceptors (Lipinski definition) is 4. The molecule has 0 aromatic carbocycles. The third-order valence-corrected chi connectivity index (χ3v) is 2.77. The first-order chi connectivity index (χ1) is 6.09. The van der Waals surface area contributed by atoms with Crippen molar-refractivity contribution in [2.45, 2.75) is 26.9 Å². The molecule has 0 aromatic heterocycles. The molecular weight excluding hydrogens is 170 g/mol. The maximum absolute atomic E-state index is 11.3. The molecular formula is C9H13NO3. The number of nitrogens with zero attached hydrogens (tertiary/aromatic N) is 1. The number of esters is 1. The standard InChI is InChI=1S/C9H13NO3/c1-4-12-8(11)6-5-7(13-10-6)9(5,2)3/h5,7H,4H2,1-3H3/t5-,7?/m0/s1. The lowest BCUT2D eigenvalue weighted by Gasteiger charge is -2.06. The minimum absolute atomic E-state index is 0.0594. The number of carbonyl (C=O) groups is 1. The van der Waals surface area contributed by atoms with E-state index in [2.05, 4.69) is 19.0 Å². The van der Waals surface area contributed by atoms with Crippen molar-refractivity contribution in [3.05, 3.63) is 0 Å². The first kappa shape index (κ1) is 8.53. The van der Waals surface area contributed by atoms with E-state index in [1.807, 2.05) is 0 Å². The van der Waals surface area contributed by atoms with Crippen molar-refractivity contribution in [1.82, 2.24) is 0 Å². The fourth-order valence-electron chi connectivity index (χ4n) is 1.82. The van der Waals surface area contributed by atoms with Crippen molar-refractivity contribution in [1.29, 1.82) is 0 Å². The van der Waals surface area contributed by atoms with Crippen LogP contribution in [-0.4, -0.2) is 24.4 Å². The zero-order valence-electron chi connectivity index (χ0n) is 8.03. The highest BCUT2D eigenvalue weighted by atomic mass is 16.7. The monoisotopic (exact) mass is 183 g/mol. The smallest absolute Gasteiger partial charge is 0.356 e. The van der Waals surface area contributed by atoms with Gasteiger partial charge in [0.1, 0.15) is 6.10 Å². The molecule has 1 heterocycles. The van der Waals surface area contributed by atoms with Gasteiger partial charge in [0, 0.05) is 5.41 Å². The largest absolute Gasteiger partial charge is 0.461 e. The molecule has 1 aliphatic carbocycles. The van der Waals surface area contributed by atoms with E-state index < -0.39 is 0 Å². The van der Waals surface area contributed by atoms with Crippen LogP contribution in [0.2, 0.25) is 0 Å². The van der Waals surface area contributed by atoms with E-state index in [1.54, 1.807) is 6.92 Å². The van der Waals surface area contributed by atoms with Gasteiger partial charge in [-0.1, -0.05) is 19.0 Å². The highest BCUT2D eigenvalue weighted by Gasteiger charge is 2.68. The fraction of sp³-hybridized carbons (Fsp3) is 0.778. The van der Waals surface area contributed by atoms with Gasteiger partial charge in [-0.2, -0.15) is 0 Å². The predicted molar refractivity (Wildman–Crippen MR) is 46.2 cm³/mol. The predicted octanol–water partition coefficient (Wildman–Crippen LogP) is 0.960. The summed E-state index contributed by atoms with van der Waals surface area (Å²) < 4.78 is 4.87. The Morgan fingerprint density at radius 2 is 2.38 bits per heavy atom. The maximum Gasteiger partial charge on any atom is 0.356 e. The Labute approximate surface area is 76.9 Å². The minimum atomic E-state index is -0.333. The molecule has 2 atom stereocenters. The molecule has 0 aromatic rings. The van der Waals surface area contributed by atoms with E-state index in [0.717, 1.165) is 0 Å². The topological polar surface area (TPSA) is 47.9 Å². The Kier molecular flexibility index (Phi) is 1.62. The second-order valence-corrected chi connectivity index (χ2v) is 4.02. The summed E-state index contributed by atoms with van der Waals surface area (Å²) in [7, 11) is 0. The molecule has 0 bridgehead atoms. The summed E-state index contributed by atoms with van der Waals surface area (Å²) in [6.07, 6.45) is 0.0897. The summed E-state index contributed by atoms with van der Waals surface area (Å²) in [5.41, 5.74) is 0.515. The molecule has 0 saturated heterocycles. The third kappa shape index (κ3) is 1.04. The minimum Gasteiger partial charge on any atom is -0.461 e. The lowest BCUT2D eigenvalue weighted by Crippen LogP contribution is -2.20. The van der Waals surface area contributed by atoms with Crippen molar-refractivity contribution in [2.24, 2.45) is 16.5 Å². The van der Waals surface area contributed by atoms with E-state index in [-0.39, 0.29) is 23.4 Å². The molecule has 0 amide bonds. The number of oxime groups is 1. The highest BCUT2D eigenvalue weighted by Crippen LogP contribution is 2.57. The quantitative estimate of drug-likeness (QED) is 0.599. The van der Waals surface area contributed by atoms with Crippen molar-refractivity contribution < 1.29 is 14.4 Å². The van der Waals surface area contributed by atoms with Crippen molar-refractivity contribution in [3.8, 4) is 0 Å². The van der Waals surface area contributed by atoms with Gasteiger partial charge in [-0.05, 0) is 6.92 Å². The fourth-order valence-corrected chi connectivity index (χ4v) is 1.82. The molecule has 0 N–H and O–H groups in total. The number of ether oxygens (including phenoxy) is 1. The molecule has 1 saturated carbocycles. The second-order valence-electron chi connectivity index (χ2n) is 4.02. The van der Waals surface area contributed by atoms with E-state index in [0.29, 0.717) is 12.3 Å². The molecule has 1 aliphatic heterocycles. The Balaban J connectivity index is 2.07. The highest BCUT2D eigenvalue weighted by molar-refractivity contribution is 6.38. The molecule has 72 valence electrons. The number of carbonyl (C=O) groups excluding carboxylic acids is 1. The van der Waals surface area contributed by atoms with Gasteiger partial charge in [0.25, 0.3) is 0 Å². The van der Waals surface area contributed by atoms with Crippen LogP contribution < -0.4 is 0 Å². The summed E-state index contributed by atoms with van der Waals surface area (Å²) in [6.45, 7) is 6.30. The van der Waals surface area contributed by atoms with Crippen molar-refractivity contribution in [2.75, 3.05) is 6.61 Å². The average molecular weight is 183 g/mol. The first-order valence-electron chi connectivity index (χ1n) is 4.50. The molecule has 1 unspecified atom stereocenters. The molecule has 2 aliphatic rings.